The second-order valence-electron chi connectivity index (χ2n) is 4.00. The molecule has 0 amide bonds. The van der Waals surface area contributed by atoms with Crippen LogP contribution in [-0.2, 0) is 28.5 Å². The molecule has 1 rings (SSSR count). The molecule has 0 aromatic rings. The Morgan fingerprint density at radius 3 is 2.22 bits per heavy atom. The van der Waals surface area contributed by atoms with Gasteiger partial charge in [0, 0.05) is 28.3 Å². The summed E-state index contributed by atoms with van der Waals surface area (Å²) < 4.78 is 25.9. The van der Waals surface area contributed by atoms with Crippen LogP contribution < -0.4 is 0 Å². The topological polar surface area (TPSA) is 83.5 Å². The molecule has 0 saturated carbocycles. The van der Waals surface area contributed by atoms with Crippen LogP contribution in [0.25, 0.3) is 0 Å². The molecule has 0 aliphatic carbocycles. The van der Waals surface area contributed by atoms with Crippen molar-refractivity contribution in [1.82, 2.24) is 0 Å². The summed E-state index contributed by atoms with van der Waals surface area (Å²) in [6.07, 6.45) is -3.85. The zero-order chi connectivity index (χ0) is 13.7. The Bertz CT molecular complexity index is 270. The third-order valence-corrected chi connectivity index (χ3v) is 2.79. The van der Waals surface area contributed by atoms with Crippen LogP contribution >= 0.6 is 0 Å². The largest absolute Gasteiger partial charge is 0.457 e. The van der Waals surface area contributed by atoms with E-state index in [2.05, 4.69) is 0 Å². The van der Waals surface area contributed by atoms with Crippen molar-refractivity contribution in [3.05, 3.63) is 0 Å². The molecule has 18 heavy (non-hydrogen) atoms. The van der Waals surface area contributed by atoms with Crippen molar-refractivity contribution < 1.29 is 33.6 Å². The average molecular weight is 264 g/mol. The first-order valence-corrected chi connectivity index (χ1v) is 5.60. The Kier molecular flexibility index (Phi) is 5.97. The van der Waals surface area contributed by atoms with E-state index in [1.54, 1.807) is 0 Å². The molecule has 0 aromatic heterocycles. The number of methoxy groups -OCH3 is 3. The molecule has 0 unspecified atom stereocenters. The molecule has 106 valence electrons. The van der Waals surface area contributed by atoms with Gasteiger partial charge >= 0.3 is 5.97 Å². The molecule has 1 saturated heterocycles. The molecule has 1 aliphatic rings. The quantitative estimate of drug-likeness (QED) is 0.658. The molecule has 0 aromatic carbocycles. The van der Waals surface area contributed by atoms with Gasteiger partial charge in [-0.15, -0.1) is 0 Å². The molecular weight excluding hydrogens is 244 g/mol. The van der Waals surface area contributed by atoms with Crippen molar-refractivity contribution in [3.63, 3.8) is 0 Å². The van der Waals surface area contributed by atoms with Gasteiger partial charge in [-0.1, -0.05) is 0 Å². The fourth-order valence-corrected chi connectivity index (χ4v) is 2.06. The van der Waals surface area contributed by atoms with Gasteiger partial charge in [0.25, 0.3) is 0 Å². The maximum Gasteiger partial charge on any atom is 0.303 e. The van der Waals surface area contributed by atoms with Crippen LogP contribution in [0, 0.1) is 0 Å². The Morgan fingerprint density at radius 1 is 1.17 bits per heavy atom. The molecule has 1 aliphatic heterocycles. The highest BCUT2D eigenvalue weighted by atomic mass is 16.7. The molecule has 7 nitrogen and oxygen atoms in total. The smallest absolute Gasteiger partial charge is 0.303 e. The average Bonchev–Trinajstić information content (AvgIpc) is 2.29. The van der Waals surface area contributed by atoms with Gasteiger partial charge < -0.3 is 28.8 Å². The summed E-state index contributed by atoms with van der Waals surface area (Å²) in [7, 11) is 4.38. The standard InChI is InChI=1S/C11H20O7/c1-6(12)17-9-8(15-3)7(5-14-2)18-11(13)10(9)16-4/h7-11,13H,5H2,1-4H3/t7-,8-,9+,10-,11+/m1/s1. The lowest BCUT2D eigenvalue weighted by atomic mass is 9.98. The van der Waals surface area contributed by atoms with E-state index in [1.807, 2.05) is 0 Å². The van der Waals surface area contributed by atoms with Crippen molar-refractivity contribution in [2.24, 2.45) is 0 Å². The van der Waals surface area contributed by atoms with Gasteiger partial charge in [-0.2, -0.15) is 0 Å². The summed E-state index contributed by atoms with van der Waals surface area (Å²) in [5.41, 5.74) is 0. The number of esters is 1. The van der Waals surface area contributed by atoms with Gasteiger partial charge in [0.05, 0.1) is 6.61 Å². The van der Waals surface area contributed by atoms with Crippen LogP contribution in [-0.4, -0.2) is 69.7 Å². The highest BCUT2D eigenvalue weighted by Gasteiger charge is 2.48. The third-order valence-electron chi connectivity index (χ3n) is 2.79. The summed E-state index contributed by atoms with van der Waals surface area (Å²) in [5.74, 6) is -0.477. The predicted molar refractivity (Wildman–Crippen MR) is 59.9 cm³/mol. The molecule has 0 spiro atoms. The van der Waals surface area contributed by atoms with Gasteiger partial charge in [0.2, 0.25) is 0 Å². The second kappa shape index (κ2) is 7.01. The van der Waals surface area contributed by atoms with Crippen LogP contribution in [0.3, 0.4) is 0 Å². The maximum absolute atomic E-state index is 11.1. The van der Waals surface area contributed by atoms with Crippen LogP contribution in [0.2, 0.25) is 0 Å². The molecule has 1 N–H and O–H groups in total. The minimum Gasteiger partial charge on any atom is -0.457 e. The first-order valence-electron chi connectivity index (χ1n) is 5.60. The molecule has 1 fully saturated rings. The number of aliphatic hydroxyl groups is 1. The minimum absolute atomic E-state index is 0.212. The van der Waals surface area contributed by atoms with Crippen LogP contribution in [0.5, 0.6) is 0 Å². The zero-order valence-corrected chi connectivity index (χ0v) is 11.0. The Hall–Kier alpha value is -0.730. The fourth-order valence-electron chi connectivity index (χ4n) is 2.06. The van der Waals surface area contributed by atoms with E-state index in [9.17, 15) is 9.90 Å². The number of hydrogen-bond acceptors (Lipinski definition) is 7. The number of aliphatic hydroxyl groups excluding tert-OH is 1. The highest BCUT2D eigenvalue weighted by Crippen LogP contribution is 2.26. The van der Waals surface area contributed by atoms with E-state index in [1.165, 1.54) is 28.3 Å². The Morgan fingerprint density at radius 2 is 1.78 bits per heavy atom. The van der Waals surface area contributed by atoms with Gasteiger partial charge in [0.1, 0.15) is 18.3 Å². The number of hydrogen-bond donors (Lipinski definition) is 1. The van der Waals surface area contributed by atoms with E-state index in [0.29, 0.717) is 0 Å². The number of rotatable bonds is 5. The Balaban J connectivity index is 2.89. The number of carbonyl (C=O) groups excluding carboxylic acids is 1. The lowest BCUT2D eigenvalue weighted by Crippen LogP contribution is -2.61. The molecule has 1 heterocycles. The van der Waals surface area contributed by atoms with E-state index in [0.717, 1.165) is 0 Å². The van der Waals surface area contributed by atoms with E-state index >= 15 is 0 Å². The van der Waals surface area contributed by atoms with Crippen LogP contribution in [0.1, 0.15) is 6.92 Å². The SMILES string of the molecule is COC[C@H]1O[C@H](O)[C@H](OC)[C@@H](OC(C)=O)[C@@H]1OC. The van der Waals surface area contributed by atoms with Crippen molar-refractivity contribution in [2.45, 2.75) is 37.6 Å². The summed E-state index contributed by atoms with van der Waals surface area (Å²) >= 11 is 0. The third kappa shape index (κ3) is 3.39. The van der Waals surface area contributed by atoms with Crippen LogP contribution in [0.15, 0.2) is 0 Å². The predicted octanol–water partition coefficient (Wildman–Crippen LogP) is -0.688. The van der Waals surface area contributed by atoms with Gasteiger partial charge in [-0.3, -0.25) is 4.79 Å². The number of ether oxygens (including phenoxy) is 5. The van der Waals surface area contributed by atoms with Crippen molar-refractivity contribution >= 4 is 5.97 Å². The zero-order valence-electron chi connectivity index (χ0n) is 11.0. The molecule has 7 heteroatoms. The van der Waals surface area contributed by atoms with Crippen LogP contribution in [0.4, 0.5) is 0 Å². The molecule has 0 radical (unpaired) electrons. The fraction of sp³-hybridized carbons (Fsp3) is 0.909. The number of carbonyl (C=O) groups is 1. The lowest BCUT2D eigenvalue weighted by Gasteiger charge is -2.42. The van der Waals surface area contributed by atoms with Crippen molar-refractivity contribution in [2.75, 3.05) is 27.9 Å². The van der Waals surface area contributed by atoms with Gasteiger partial charge in [-0.25, -0.2) is 0 Å². The molecule has 0 bridgehead atoms. The summed E-state index contributed by atoms with van der Waals surface area (Å²) in [6, 6.07) is 0. The summed E-state index contributed by atoms with van der Waals surface area (Å²) in [5, 5.41) is 9.81. The maximum atomic E-state index is 11.1. The summed E-state index contributed by atoms with van der Waals surface area (Å²) in [6.45, 7) is 1.50. The normalized spacial score (nSPS) is 36.4. The second-order valence-corrected chi connectivity index (χ2v) is 4.00. The van der Waals surface area contributed by atoms with E-state index < -0.39 is 36.7 Å². The Labute approximate surface area is 106 Å². The first kappa shape index (κ1) is 15.3. The van der Waals surface area contributed by atoms with E-state index in [4.69, 9.17) is 23.7 Å². The highest BCUT2D eigenvalue weighted by molar-refractivity contribution is 5.66. The van der Waals surface area contributed by atoms with Gasteiger partial charge in [0.15, 0.2) is 12.4 Å². The monoisotopic (exact) mass is 264 g/mol. The summed E-state index contributed by atoms with van der Waals surface area (Å²) in [4.78, 5) is 11.1. The van der Waals surface area contributed by atoms with E-state index in [-0.39, 0.29) is 6.61 Å². The van der Waals surface area contributed by atoms with Crippen molar-refractivity contribution in [3.8, 4) is 0 Å². The lowest BCUT2D eigenvalue weighted by molar-refractivity contribution is -0.298. The molecule has 5 atom stereocenters. The first-order chi connectivity index (χ1) is 8.54. The molecular formula is C11H20O7. The van der Waals surface area contributed by atoms with Crippen molar-refractivity contribution in [1.29, 1.82) is 0 Å². The minimum atomic E-state index is -1.20. The van der Waals surface area contributed by atoms with Gasteiger partial charge in [-0.05, 0) is 0 Å².